The molecule has 20 heavy (non-hydrogen) atoms. The topological polar surface area (TPSA) is 59.3 Å². The fraction of sp³-hybridized carbons (Fsp3) is 0.800. The van der Waals surface area contributed by atoms with Crippen molar-refractivity contribution < 1.29 is 9.84 Å². The van der Waals surface area contributed by atoms with Gasteiger partial charge in [0.2, 0.25) is 0 Å². The molecule has 0 bridgehead atoms. The Balaban J connectivity index is 2.87. The Morgan fingerprint density at radius 1 is 1.35 bits per heavy atom. The van der Waals surface area contributed by atoms with E-state index >= 15 is 0 Å². The van der Waals surface area contributed by atoms with E-state index in [2.05, 4.69) is 38.1 Å². The van der Waals surface area contributed by atoms with Crippen molar-refractivity contribution in [3.63, 3.8) is 0 Å². The maximum absolute atomic E-state index is 10.8. The fourth-order valence-electron chi connectivity index (χ4n) is 2.24. The number of rotatable bonds is 7. The zero-order valence-electron chi connectivity index (χ0n) is 13.7. The Labute approximate surface area is 122 Å². The molecule has 0 spiro atoms. The minimum Gasteiger partial charge on any atom is -0.493 e. The molecule has 1 rings (SSSR count). The lowest BCUT2D eigenvalue weighted by atomic mass is 9.96. The summed E-state index contributed by atoms with van der Waals surface area (Å²) in [6.45, 7) is 11.8. The minimum absolute atomic E-state index is 0.0455. The van der Waals surface area contributed by atoms with Crippen molar-refractivity contribution in [3.05, 3.63) is 11.9 Å². The standard InChI is InChI=1S/C15H29N3O2/c1-7-10-18-13(12(20-6)11-17-18)15(5,19)8-9-16-14(2,3)4/h11,16,19H,7-10H2,1-6H3. The number of nitrogens with one attached hydrogen (secondary N) is 1. The smallest absolute Gasteiger partial charge is 0.162 e. The van der Waals surface area contributed by atoms with Crippen LogP contribution < -0.4 is 10.1 Å². The molecule has 0 radical (unpaired) electrons. The average molecular weight is 283 g/mol. The number of aryl methyl sites for hydroxylation is 1. The van der Waals surface area contributed by atoms with Gasteiger partial charge in [-0.25, -0.2) is 0 Å². The molecule has 1 unspecified atom stereocenters. The molecular formula is C15H29N3O2. The highest BCUT2D eigenvalue weighted by molar-refractivity contribution is 5.30. The number of hydrogen-bond acceptors (Lipinski definition) is 4. The van der Waals surface area contributed by atoms with E-state index in [4.69, 9.17) is 4.74 Å². The second-order valence-electron chi connectivity index (χ2n) is 6.49. The lowest BCUT2D eigenvalue weighted by molar-refractivity contribution is 0.0345. The third kappa shape index (κ3) is 4.49. The third-order valence-electron chi connectivity index (χ3n) is 3.24. The molecule has 1 aromatic rings. The van der Waals surface area contributed by atoms with Gasteiger partial charge in [0.1, 0.15) is 11.3 Å². The molecule has 1 heterocycles. The maximum Gasteiger partial charge on any atom is 0.162 e. The average Bonchev–Trinajstić information content (AvgIpc) is 2.71. The van der Waals surface area contributed by atoms with E-state index in [9.17, 15) is 5.11 Å². The van der Waals surface area contributed by atoms with E-state index in [0.29, 0.717) is 12.2 Å². The number of ether oxygens (including phenoxy) is 1. The van der Waals surface area contributed by atoms with Gasteiger partial charge in [-0.3, -0.25) is 4.68 Å². The predicted octanol–water partition coefficient (Wildman–Crippen LogP) is 2.29. The Bertz CT molecular complexity index is 419. The predicted molar refractivity (Wildman–Crippen MR) is 81.0 cm³/mol. The summed E-state index contributed by atoms with van der Waals surface area (Å²) in [5.41, 5.74) is -0.156. The lowest BCUT2D eigenvalue weighted by Gasteiger charge is -2.28. The summed E-state index contributed by atoms with van der Waals surface area (Å²) in [7, 11) is 1.61. The van der Waals surface area contributed by atoms with Crippen LogP contribution in [0.25, 0.3) is 0 Å². The second-order valence-corrected chi connectivity index (χ2v) is 6.49. The van der Waals surface area contributed by atoms with Crippen LogP contribution in [0, 0.1) is 0 Å². The zero-order valence-corrected chi connectivity index (χ0v) is 13.7. The largest absolute Gasteiger partial charge is 0.493 e. The summed E-state index contributed by atoms with van der Waals surface area (Å²) in [6.07, 6.45) is 3.25. The highest BCUT2D eigenvalue weighted by atomic mass is 16.5. The molecule has 1 aromatic heterocycles. The van der Waals surface area contributed by atoms with E-state index in [-0.39, 0.29) is 5.54 Å². The van der Waals surface area contributed by atoms with Crippen molar-refractivity contribution in [2.75, 3.05) is 13.7 Å². The van der Waals surface area contributed by atoms with Crippen molar-refractivity contribution in [2.45, 2.75) is 65.1 Å². The Morgan fingerprint density at radius 3 is 2.50 bits per heavy atom. The Morgan fingerprint density at radius 2 is 2.00 bits per heavy atom. The SMILES string of the molecule is CCCn1ncc(OC)c1C(C)(O)CCNC(C)(C)C. The monoisotopic (exact) mass is 283 g/mol. The lowest BCUT2D eigenvalue weighted by Crippen LogP contribution is -2.39. The zero-order chi connectivity index (χ0) is 15.4. The maximum atomic E-state index is 10.8. The normalized spacial score (nSPS) is 15.2. The van der Waals surface area contributed by atoms with E-state index in [1.165, 1.54) is 0 Å². The van der Waals surface area contributed by atoms with Gasteiger partial charge < -0.3 is 15.2 Å². The first-order valence-electron chi connectivity index (χ1n) is 7.29. The molecular weight excluding hydrogens is 254 g/mol. The second kappa shape index (κ2) is 6.59. The molecule has 1 atom stereocenters. The van der Waals surface area contributed by atoms with E-state index in [0.717, 1.165) is 25.2 Å². The molecule has 0 aliphatic carbocycles. The van der Waals surface area contributed by atoms with Crippen molar-refractivity contribution in [1.82, 2.24) is 15.1 Å². The van der Waals surface area contributed by atoms with E-state index in [1.54, 1.807) is 13.3 Å². The van der Waals surface area contributed by atoms with Gasteiger partial charge in [0.15, 0.2) is 5.75 Å². The van der Waals surface area contributed by atoms with Crippen LogP contribution in [0.2, 0.25) is 0 Å². The summed E-state index contributed by atoms with van der Waals surface area (Å²) in [4.78, 5) is 0. The third-order valence-corrected chi connectivity index (χ3v) is 3.24. The molecule has 0 aliphatic rings. The van der Waals surface area contributed by atoms with Crippen molar-refractivity contribution in [1.29, 1.82) is 0 Å². The van der Waals surface area contributed by atoms with Crippen LogP contribution in [-0.2, 0) is 12.1 Å². The highest BCUT2D eigenvalue weighted by Crippen LogP contribution is 2.32. The first-order chi connectivity index (χ1) is 9.21. The van der Waals surface area contributed by atoms with Crippen LogP contribution in [-0.4, -0.2) is 34.1 Å². The van der Waals surface area contributed by atoms with Crippen molar-refractivity contribution in [2.24, 2.45) is 0 Å². The Hall–Kier alpha value is -1.07. The summed E-state index contributed by atoms with van der Waals surface area (Å²) in [6, 6.07) is 0. The van der Waals surface area contributed by atoms with Crippen LogP contribution in [0.5, 0.6) is 5.75 Å². The molecule has 116 valence electrons. The van der Waals surface area contributed by atoms with Gasteiger partial charge in [-0.05, 0) is 47.1 Å². The van der Waals surface area contributed by atoms with E-state index < -0.39 is 5.60 Å². The molecule has 0 saturated heterocycles. The first kappa shape index (κ1) is 17.0. The van der Waals surface area contributed by atoms with Crippen LogP contribution in [0.1, 0.15) is 53.2 Å². The van der Waals surface area contributed by atoms with Crippen LogP contribution in [0.15, 0.2) is 6.20 Å². The number of nitrogens with zero attached hydrogens (tertiary/aromatic N) is 2. The minimum atomic E-state index is -0.963. The van der Waals surface area contributed by atoms with Gasteiger partial charge in [0, 0.05) is 12.1 Å². The van der Waals surface area contributed by atoms with Crippen LogP contribution in [0.4, 0.5) is 0 Å². The van der Waals surface area contributed by atoms with E-state index in [1.807, 2.05) is 11.6 Å². The number of hydrogen-bond donors (Lipinski definition) is 2. The van der Waals surface area contributed by atoms with Gasteiger partial charge in [-0.15, -0.1) is 0 Å². The van der Waals surface area contributed by atoms with Crippen LogP contribution in [0.3, 0.4) is 0 Å². The molecule has 0 saturated carbocycles. The summed E-state index contributed by atoms with van der Waals surface area (Å²) in [5.74, 6) is 0.652. The molecule has 0 aromatic carbocycles. The number of aromatic nitrogens is 2. The van der Waals surface area contributed by atoms with Gasteiger partial charge in [0.25, 0.3) is 0 Å². The molecule has 5 nitrogen and oxygen atoms in total. The molecule has 0 fully saturated rings. The van der Waals surface area contributed by atoms with Crippen LogP contribution >= 0.6 is 0 Å². The number of methoxy groups -OCH3 is 1. The van der Waals surface area contributed by atoms with Gasteiger partial charge in [-0.2, -0.15) is 5.10 Å². The van der Waals surface area contributed by atoms with Gasteiger partial charge >= 0.3 is 0 Å². The molecule has 2 N–H and O–H groups in total. The van der Waals surface area contributed by atoms with Gasteiger partial charge in [-0.1, -0.05) is 6.92 Å². The highest BCUT2D eigenvalue weighted by Gasteiger charge is 2.31. The summed E-state index contributed by atoms with van der Waals surface area (Å²) in [5, 5.41) is 18.5. The van der Waals surface area contributed by atoms with Crippen molar-refractivity contribution >= 4 is 0 Å². The van der Waals surface area contributed by atoms with Gasteiger partial charge in [0.05, 0.1) is 13.3 Å². The summed E-state index contributed by atoms with van der Waals surface area (Å²) < 4.78 is 7.19. The quantitative estimate of drug-likeness (QED) is 0.806. The first-order valence-corrected chi connectivity index (χ1v) is 7.29. The molecule has 5 heteroatoms. The fourth-order valence-corrected chi connectivity index (χ4v) is 2.24. The van der Waals surface area contributed by atoms with Crippen molar-refractivity contribution in [3.8, 4) is 5.75 Å². The number of aliphatic hydroxyl groups is 1. The molecule has 0 aliphatic heterocycles. The molecule has 0 amide bonds. The summed E-state index contributed by atoms with van der Waals surface area (Å²) >= 11 is 0. The Kier molecular flexibility index (Phi) is 5.59.